The van der Waals surface area contributed by atoms with Crippen molar-refractivity contribution in [2.24, 2.45) is 0 Å². The fraction of sp³-hybridized carbons (Fsp3) is 0.605. The topological polar surface area (TPSA) is 245 Å². The Kier molecular flexibility index (Phi) is 63.1. The molecule has 2 N–H and O–H groups in total. The van der Waals surface area contributed by atoms with E-state index in [4.69, 9.17) is 5.11 Å². The predicted molar refractivity (Wildman–Crippen MR) is 268 cm³/mol. The Morgan fingerprint density at radius 1 is 0.767 bits per heavy atom. The first-order valence-corrected chi connectivity index (χ1v) is 24.2. The van der Waals surface area contributed by atoms with Crippen LogP contribution in [-0.2, 0) is 42.3 Å². The molecule has 2 aromatic rings. The van der Waals surface area contributed by atoms with Gasteiger partial charge in [0, 0.05) is 127 Å². The van der Waals surface area contributed by atoms with Crippen molar-refractivity contribution in [3.63, 3.8) is 0 Å². The van der Waals surface area contributed by atoms with Crippen LogP contribution in [0.25, 0.3) is 0 Å². The molecule has 1 heterocycles. The molecule has 1 saturated heterocycles. The number of nitrogens with one attached hydrogen (secondary N) is 1. The molecule has 60 heavy (non-hydrogen) atoms. The molecule has 22 heteroatoms. The number of hydrogen-bond acceptors (Lipinski definition) is 14. The number of hydrogen-bond donors (Lipinski definition) is 2. The third-order valence-electron chi connectivity index (χ3n) is 6.86. The zero-order valence-electron chi connectivity index (χ0n) is 34.8. The first-order chi connectivity index (χ1) is 26.4. The molecule has 0 aliphatic carbocycles. The second-order valence-electron chi connectivity index (χ2n) is 11.6. The van der Waals surface area contributed by atoms with E-state index in [2.05, 4.69) is 68.2 Å². The van der Waals surface area contributed by atoms with Gasteiger partial charge in [-0.05, 0) is 65.3 Å². The van der Waals surface area contributed by atoms with Gasteiger partial charge in [0.2, 0.25) is 0 Å². The molecule has 3 rings (SSSR count). The number of nitro groups is 4. The number of ketones is 2. The Labute approximate surface area is 423 Å². The fourth-order valence-electron chi connectivity index (χ4n) is 3.56. The number of nitro benzene ring substituents is 4. The van der Waals surface area contributed by atoms with Crippen molar-refractivity contribution < 1.29 is 67.1 Å². The van der Waals surface area contributed by atoms with Gasteiger partial charge in [0.25, 0.3) is 22.7 Å². The monoisotopic (exact) mass is 1270 g/mol. The van der Waals surface area contributed by atoms with Crippen molar-refractivity contribution in [1.82, 2.24) is 10.2 Å². The number of carbonyl (C=O) groups excluding carboxylic acids is 2. The van der Waals surface area contributed by atoms with Crippen molar-refractivity contribution in [1.29, 1.82) is 0 Å². The number of benzene rings is 2. The second-order valence-corrected chi connectivity index (χ2v) is 11.6. The van der Waals surface area contributed by atoms with Gasteiger partial charge in [-0.15, -0.1) is 30.5 Å². The zero-order chi connectivity index (χ0) is 44.2. The van der Waals surface area contributed by atoms with Crippen LogP contribution in [0.15, 0.2) is 36.4 Å². The second kappa shape index (κ2) is 50.0. The summed E-state index contributed by atoms with van der Waals surface area (Å²) in [4.78, 5) is 63.4. The maximum absolute atomic E-state index is 11.0. The van der Waals surface area contributed by atoms with Crippen LogP contribution in [0.3, 0.4) is 0 Å². The van der Waals surface area contributed by atoms with Gasteiger partial charge in [0.1, 0.15) is 17.3 Å². The molecule has 2 aromatic carbocycles. The number of halogens is 3. The Bertz CT molecular complexity index is 1430. The van der Waals surface area contributed by atoms with Crippen molar-refractivity contribution in [3.05, 3.63) is 89.3 Å². The summed E-state index contributed by atoms with van der Waals surface area (Å²) < 4.78 is 0. The summed E-state index contributed by atoms with van der Waals surface area (Å²) >= 11 is 4.24. The molecule has 1 fully saturated rings. The van der Waals surface area contributed by atoms with Gasteiger partial charge in [-0.3, -0.25) is 40.5 Å². The average Bonchev–Trinajstić information content (AvgIpc) is 4.00. The molecule has 347 valence electrons. The molecular formula is C38H69I3N7O11Y-. The smallest absolute Gasteiger partial charge is 0.299 e. The van der Waals surface area contributed by atoms with Crippen LogP contribution in [0.5, 0.6) is 0 Å². The van der Waals surface area contributed by atoms with Gasteiger partial charge in [-0.2, -0.15) is 0 Å². The SMILES string of the molecule is C.C.CCC(C)=O.CCC(C)=O.CCCN1CC1.CCCNCCO.Cc1ccc([N+](=O)[O-])cc1[N+](=O)[O-].I.II.[CH2-]CN(CCC)c1ccc([N+](=O)[O-])cc1[N+](=O)[O-].[Y]. The average molecular weight is 1270 g/mol. The molecule has 18 nitrogen and oxygen atoms in total. The van der Waals surface area contributed by atoms with Gasteiger partial charge in [-0.25, -0.2) is 0 Å². The molecule has 1 aliphatic heterocycles. The minimum Gasteiger partial charge on any atom is -0.396 e. The first-order valence-electron chi connectivity index (χ1n) is 18.0. The summed E-state index contributed by atoms with van der Waals surface area (Å²) in [6.07, 6.45) is 4.60. The number of non-ortho nitro benzene ring substituents is 2. The summed E-state index contributed by atoms with van der Waals surface area (Å²) in [6.45, 7) is 25.4. The molecule has 0 saturated carbocycles. The Morgan fingerprint density at radius 3 is 1.47 bits per heavy atom. The van der Waals surface area contributed by atoms with E-state index in [-0.39, 0.29) is 112 Å². The molecule has 0 amide bonds. The van der Waals surface area contributed by atoms with Crippen LogP contribution in [0, 0.1) is 54.3 Å². The van der Waals surface area contributed by atoms with Crippen LogP contribution >= 0.6 is 61.2 Å². The van der Waals surface area contributed by atoms with Crippen molar-refractivity contribution >= 4 is 101 Å². The van der Waals surface area contributed by atoms with Gasteiger partial charge < -0.3 is 36.7 Å². The number of carbonyl (C=O) groups is 2. The number of rotatable bonds is 16. The van der Waals surface area contributed by atoms with E-state index in [0.717, 1.165) is 38.1 Å². The zero-order valence-corrected chi connectivity index (χ0v) is 44.3. The number of anilines is 1. The summed E-state index contributed by atoms with van der Waals surface area (Å²) in [5.41, 5.74) is -0.267. The van der Waals surface area contributed by atoms with Crippen LogP contribution in [0.2, 0.25) is 0 Å². The van der Waals surface area contributed by atoms with Crippen LogP contribution in [0.1, 0.15) is 101 Å². The van der Waals surface area contributed by atoms with Crippen molar-refractivity contribution in [3.8, 4) is 0 Å². The number of aliphatic hydroxyl groups excluding tert-OH is 1. The van der Waals surface area contributed by atoms with Gasteiger partial charge in [-0.1, -0.05) is 49.5 Å². The Balaban J connectivity index is -0.0000000947. The summed E-state index contributed by atoms with van der Waals surface area (Å²) in [6, 6.07) is 7.19. The molecule has 1 radical (unpaired) electrons. The van der Waals surface area contributed by atoms with E-state index < -0.39 is 19.7 Å². The maximum atomic E-state index is 11.0. The van der Waals surface area contributed by atoms with E-state index in [1.165, 1.54) is 57.2 Å². The fourth-order valence-corrected chi connectivity index (χ4v) is 3.56. The van der Waals surface area contributed by atoms with Crippen molar-refractivity contribution in [2.75, 3.05) is 57.3 Å². The Morgan fingerprint density at radius 2 is 1.18 bits per heavy atom. The largest absolute Gasteiger partial charge is 0.396 e. The first kappa shape index (κ1) is 75.7. The van der Waals surface area contributed by atoms with Gasteiger partial charge >= 0.3 is 0 Å². The van der Waals surface area contributed by atoms with E-state index in [0.29, 0.717) is 37.2 Å². The molecule has 0 spiro atoms. The van der Waals surface area contributed by atoms with E-state index in [1.54, 1.807) is 18.7 Å². The van der Waals surface area contributed by atoms with Crippen LogP contribution in [0.4, 0.5) is 28.4 Å². The molecule has 0 aromatic heterocycles. The minimum absolute atomic E-state index is 0. The summed E-state index contributed by atoms with van der Waals surface area (Å²) in [7, 11) is 0. The molecule has 0 unspecified atom stereocenters. The normalized spacial score (nSPS) is 9.73. The summed E-state index contributed by atoms with van der Waals surface area (Å²) in [5.74, 6) is 0.509. The standard InChI is InChI=1S/C11H14N3O4.C7H6N2O4.C5H13NO.C5H11N.2C4H8O.2CH4.I2.HI.Y/c1-3-7-12(4-2)10-6-5-9(13(15)16)8-11(10)14(17)18;1-5-2-3-6(8(10)11)4-7(5)9(12)13;1-2-3-6-4-5-7;1-2-3-6-4-5-6;2*1-3-4(2)5;;;1-2;;/h5-6,8H,2-4,7H2,1H3;2-4H,1H3;6-7H,2-5H2,1H3;2-5H2,1H3;2*3H2,1-2H3;2*1H4;;1H;/q-1;;;;;;;;;;. The molecule has 1 aliphatic rings. The van der Waals surface area contributed by atoms with Crippen LogP contribution < -0.4 is 10.2 Å². The number of nitrogens with zero attached hydrogens (tertiary/aromatic N) is 6. The van der Waals surface area contributed by atoms with Crippen molar-refractivity contribution in [2.45, 2.75) is 102 Å². The third-order valence-corrected chi connectivity index (χ3v) is 6.86. The number of aliphatic hydroxyl groups is 1. The van der Waals surface area contributed by atoms with Crippen LogP contribution in [-0.4, -0.2) is 93.7 Å². The third kappa shape index (κ3) is 43.0. The summed E-state index contributed by atoms with van der Waals surface area (Å²) in [5, 5.41) is 53.5. The molecular weight excluding hydrogens is 1200 g/mol. The maximum Gasteiger partial charge on any atom is 0.299 e. The van der Waals surface area contributed by atoms with Gasteiger partial charge in [0.15, 0.2) is 0 Å². The van der Waals surface area contributed by atoms with Gasteiger partial charge in [0.05, 0.1) is 38.4 Å². The quantitative estimate of drug-likeness (QED) is 0.0397. The Hall–Kier alpha value is -1.65. The molecule has 0 atom stereocenters. The predicted octanol–water partition coefficient (Wildman–Crippen LogP) is 10.7. The van der Waals surface area contributed by atoms with E-state index in [1.807, 2.05) is 20.8 Å². The van der Waals surface area contributed by atoms with E-state index >= 15 is 0 Å². The number of Topliss-reactive ketones (excluding diaryl/α,β-unsaturated/α-hetero) is 2. The van der Waals surface area contributed by atoms with E-state index in [9.17, 15) is 50.0 Å². The molecule has 0 bridgehead atoms. The minimum atomic E-state index is -0.660. The number of aryl methyl sites for hydroxylation is 1.